The summed E-state index contributed by atoms with van der Waals surface area (Å²) in [5.41, 5.74) is 1.16. The van der Waals surface area contributed by atoms with Crippen LogP contribution in [0.15, 0.2) is 46.9 Å². The van der Waals surface area contributed by atoms with Crippen LogP contribution in [-0.2, 0) is 0 Å². The molecular weight excluding hydrogens is 336 g/mol. The van der Waals surface area contributed by atoms with Crippen molar-refractivity contribution in [2.45, 2.75) is 0 Å². The van der Waals surface area contributed by atoms with E-state index in [-0.39, 0.29) is 0 Å². The number of phenolic OH excluding ortho intramolecular Hbond substituents is 1. The molecule has 0 spiro atoms. The smallest absolute Gasteiger partial charge is 0.311 e. The van der Waals surface area contributed by atoms with Crippen molar-refractivity contribution in [2.24, 2.45) is 0 Å². The Morgan fingerprint density at radius 3 is 2.52 bits per heavy atom. The fraction of sp³-hybridized carbons (Fsp3) is 0. The third kappa shape index (κ3) is 3.46. The van der Waals surface area contributed by atoms with Crippen LogP contribution >= 0.6 is 15.9 Å². The number of allylic oxidation sites excluding steroid dienone is 1. The van der Waals surface area contributed by atoms with E-state index in [4.69, 9.17) is 0 Å². The highest BCUT2D eigenvalue weighted by Crippen LogP contribution is 2.28. The summed E-state index contributed by atoms with van der Waals surface area (Å²) < 4.78 is 0.892. The van der Waals surface area contributed by atoms with Gasteiger partial charge < -0.3 is 5.11 Å². The summed E-state index contributed by atoms with van der Waals surface area (Å²) in [4.78, 5) is 10.1. The first kappa shape index (κ1) is 14.8. The Morgan fingerprint density at radius 2 is 1.95 bits per heavy atom. The number of hydrogen-bond acceptors (Lipinski definition) is 4. The van der Waals surface area contributed by atoms with Crippen molar-refractivity contribution in [1.82, 2.24) is 0 Å². The molecule has 0 heterocycles. The molecule has 2 rings (SSSR count). The highest BCUT2D eigenvalue weighted by atomic mass is 79.9. The molecule has 0 unspecified atom stereocenters. The van der Waals surface area contributed by atoms with E-state index in [2.05, 4.69) is 22.0 Å². The lowest BCUT2D eigenvalue weighted by Crippen LogP contribution is -1.89. The van der Waals surface area contributed by atoms with Crippen LogP contribution in [0.3, 0.4) is 0 Å². The van der Waals surface area contributed by atoms with Gasteiger partial charge in [-0.2, -0.15) is 5.26 Å². The highest BCUT2D eigenvalue weighted by molar-refractivity contribution is 9.10. The zero-order valence-electron chi connectivity index (χ0n) is 10.7. The van der Waals surface area contributed by atoms with Gasteiger partial charge in [-0.15, -0.1) is 0 Å². The van der Waals surface area contributed by atoms with Crippen LogP contribution in [0.2, 0.25) is 0 Å². The summed E-state index contributed by atoms with van der Waals surface area (Å²) in [7, 11) is 0. The van der Waals surface area contributed by atoms with Crippen LogP contribution in [0.25, 0.3) is 11.6 Å². The third-order valence-corrected chi connectivity index (χ3v) is 3.31. The molecule has 2 aromatic rings. The Kier molecular flexibility index (Phi) is 4.36. The van der Waals surface area contributed by atoms with Gasteiger partial charge in [0.2, 0.25) is 0 Å². The minimum atomic E-state index is -0.668. The number of nitrogens with zero attached hydrogens (tertiary/aromatic N) is 2. The number of hydrogen-bond donors (Lipinski definition) is 1. The molecule has 0 aromatic heterocycles. The molecule has 1 N–H and O–H groups in total. The second-order valence-corrected chi connectivity index (χ2v) is 5.10. The molecule has 0 fully saturated rings. The van der Waals surface area contributed by atoms with Crippen LogP contribution in [0.5, 0.6) is 5.75 Å². The average Bonchev–Trinajstić information content (AvgIpc) is 2.47. The monoisotopic (exact) mass is 344 g/mol. The number of nitro benzene ring substituents is 1. The van der Waals surface area contributed by atoms with Gasteiger partial charge >= 0.3 is 5.69 Å². The van der Waals surface area contributed by atoms with E-state index < -0.39 is 16.4 Å². The molecule has 0 bridgehead atoms. The van der Waals surface area contributed by atoms with E-state index in [0.717, 1.165) is 4.47 Å². The molecule has 0 saturated heterocycles. The van der Waals surface area contributed by atoms with Crippen LogP contribution in [0, 0.1) is 21.4 Å². The summed E-state index contributed by atoms with van der Waals surface area (Å²) in [5.74, 6) is -0.403. The van der Waals surface area contributed by atoms with Gasteiger partial charge in [-0.05, 0) is 35.4 Å². The number of halogens is 1. The van der Waals surface area contributed by atoms with Gasteiger partial charge in [0.25, 0.3) is 0 Å². The van der Waals surface area contributed by atoms with Crippen molar-refractivity contribution in [3.8, 4) is 11.8 Å². The largest absolute Gasteiger partial charge is 0.502 e. The lowest BCUT2D eigenvalue weighted by Gasteiger charge is -2.01. The molecule has 0 aliphatic carbocycles. The van der Waals surface area contributed by atoms with Crippen LogP contribution in [0.4, 0.5) is 5.69 Å². The van der Waals surface area contributed by atoms with Gasteiger partial charge in [0.1, 0.15) is 0 Å². The van der Waals surface area contributed by atoms with E-state index in [1.54, 1.807) is 24.3 Å². The molecule has 0 saturated carbocycles. The third-order valence-electron chi connectivity index (χ3n) is 2.78. The second kappa shape index (κ2) is 6.20. The first-order valence-electron chi connectivity index (χ1n) is 5.86. The molecule has 21 heavy (non-hydrogen) atoms. The van der Waals surface area contributed by atoms with Crippen molar-refractivity contribution in [2.75, 3.05) is 0 Å². The van der Waals surface area contributed by atoms with Gasteiger partial charge in [0.05, 0.1) is 16.6 Å². The molecule has 0 aliphatic heterocycles. The Bertz CT molecular complexity index is 761. The molecule has 2 aromatic carbocycles. The molecule has 5 nitrogen and oxygen atoms in total. The first-order chi connectivity index (χ1) is 10.0. The Balaban J connectivity index is 2.46. The minimum Gasteiger partial charge on any atom is -0.502 e. The fourth-order valence-corrected chi connectivity index (χ4v) is 2.02. The Morgan fingerprint density at radius 1 is 1.29 bits per heavy atom. The van der Waals surface area contributed by atoms with Crippen molar-refractivity contribution in [3.63, 3.8) is 0 Å². The quantitative estimate of drug-likeness (QED) is 0.392. The number of nitriles is 1. The summed E-state index contributed by atoms with van der Waals surface area (Å²) >= 11 is 3.31. The lowest BCUT2D eigenvalue weighted by molar-refractivity contribution is -0.385. The maximum absolute atomic E-state index is 10.8. The standard InChI is InChI=1S/C15H9BrN2O3/c16-13-4-2-11(3-5-13)12(9-17)7-10-1-6-15(19)14(8-10)18(20)21/h1-8,19H/b12-7-. The maximum atomic E-state index is 10.8. The van der Waals surface area contributed by atoms with E-state index in [9.17, 15) is 20.5 Å². The van der Waals surface area contributed by atoms with Crippen molar-refractivity contribution >= 4 is 33.3 Å². The van der Waals surface area contributed by atoms with E-state index >= 15 is 0 Å². The lowest BCUT2D eigenvalue weighted by atomic mass is 10.0. The van der Waals surface area contributed by atoms with Crippen molar-refractivity contribution < 1.29 is 10.0 Å². The van der Waals surface area contributed by atoms with Crippen LogP contribution in [-0.4, -0.2) is 10.0 Å². The van der Waals surface area contributed by atoms with Gasteiger partial charge in [0.15, 0.2) is 5.75 Å². The molecular formula is C15H9BrN2O3. The van der Waals surface area contributed by atoms with Gasteiger partial charge in [-0.25, -0.2) is 0 Å². The summed E-state index contributed by atoms with van der Waals surface area (Å²) in [5, 5.41) is 29.4. The maximum Gasteiger partial charge on any atom is 0.311 e. The zero-order valence-corrected chi connectivity index (χ0v) is 12.2. The SMILES string of the molecule is N#C/C(=C/c1ccc(O)c([N+](=O)[O-])c1)c1ccc(Br)cc1. The minimum absolute atomic E-state index is 0.377. The zero-order chi connectivity index (χ0) is 15.4. The van der Waals surface area contributed by atoms with Crippen molar-refractivity contribution in [1.29, 1.82) is 5.26 Å². The molecule has 0 amide bonds. The average molecular weight is 345 g/mol. The van der Waals surface area contributed by atoms with Gasteiger partial charge in [-0.1, -0.05) is 34.1 Å². The molecule has 0 radical (unpaired) electrons. The predicted molar refractivity (Wildman–Crippen MR) is 82.4 cm³/mol. The number of rotatable bonds is 3. The molecule has 0 atom stereocenters. The van der Waals surface area contributed by atoms with E-state index in [1.165, 1.54) is 24.3 Å². The first-order valence-corrected chi connectivity index (χ1v) is 6.65. The second-order valence-electron chi connectivity index (χ2n) is 4.18. The molecule has 0 aliphatic rings. The Labute approximate surface area is 129 Å². The highest BCUT2D eigenvalue weighted by Gasteiger charge is 2.13. The van der Waals surface area contributed by atoms with Crippen molar-refractivity contribution in [3.05, 3.63) is 68.2 Å². The number of phenols is 1. The summed E-state index contributed by atoms with van der Waals surface area (Å²) in [6.45, 7) is 0. The number of benzene rings is 2. The molecule has 6 heteroatoms. The Hall–Kier alpha value is -2.65. The number of aromatic hydroxyl groups is 1. The van der Waals surface area contributed by atoms with E-state index in [1.807, 2.05) is 0 Å². The normalized spacial score (nSPS) is 11.0. The number of nitro groups is 1. The van der Waals surface area contributed by atoms with Crippen LogP contribution < -0.4 is 0 Å². The fourth-order valence-electron chi connectivity index (χ4n) is 1.75. The predicted octanol–water partition coefficient (Wildman–Crippen LogP) is 4.13. The van der Waals surface area contributed by atoms with Gasteiger partial charge in [0, 0.05) is 10.5 Å². The topological polar surface area (TPSA) is 87.2 Å². The van der Waals surface area contributed by atoms with Gasteiger partial charge in [-0.3, -0.25) is 10.1 Å². The molecule has 104 valence electrons. The van der Waals surface area contributed by atoms with Crippen LogP contribution in [0.1, 0.15) is 11.1 Å². The van der Waals surface area contributed by atoms with E-state index in [0.29, 0.717) is 16.7 Å². The summed E-state index contributed by atoms with van der Waals surface area (Å²) in [6, 6.07) is 13.2. The summed E-state index contributed by atoms with van der Waals surface area (Å²) in [6.07, 6.45) is 1.54.